The zero-order valence-electron chi connectivity index (χ0n) is 19.8. The Morgan fingerprint density at radius 2 is 1.81 bits per heavy atom. The molecule has 3 aromatic heterocycles. The molecule has 36 heavy (non-hydrogen) atoms. The van der Waals surface area contributed by atoms with E-state index in [4.69, 9.17) is 9.40 Å². The van der Waals surface area contributed by atoms with Gasteiger partial charge in [-0.3, -0.25) is 14.4 Å². The molecule has 0 spiro atoms. The predicted octanol–water partition coefficient (Wildman–Crippen LogP) is 5.72. The van der Waals surface area contributed by atoms with Crippen molar-refractivity contribution < 1.29 is 9.21 Å². The number of hydrogen-bond acceptors (Lipinski definition) is 6. The van der Waals surface area contributed by atoms with Crippen LogP contribution in [0.3, 0.4) is 0 Å². The van der Waals surface area contributed by atoms with Gasteiger partial charge in [-0.05, 0) is 55.0 Å². The van der Waals surface area contributed by atoms with Crippen LogP contribution in [0, 0.1) is 13.8 Å². The summed E-state index contributed by atoms with van der Waals surface area (Å²) in [6, 6.07) is 22.9. The topological polar surface area (TPSA) is 81.2 Å². The molecule has 0 fully saturated rings. The van der Waals surface area contributed by atoms with E-state index in [1.807, 2.05) is 79.2 Å². The van der Waals surface area contributed by atoms with Crippen LogP contribution in [0.25, 0.3) is 32.0 Å². The smallest absolute Gasteiger partial charge is 0.349 e. The Labute approximate surface area is 210 Å². The minimum Gasteiger partial charge on any atom is -0.422 e. The highest BCUT2D eigenvalue weighted by Crippen LogP contribution is 2.30. The molecule has 0 N–H and O–H groups in total. The number of aryl methyl sites for hydroxylation is 2. The van der Waals surface area contributed by atoms with Crippen LogP contribution in [0.2, 0.25) is 0 Å². The lowest BCUT2D eigenvalue weighted by Crippen LogP contribution is -2.36. The first-order chi connectivity index (χ1) is 17.5. The van der Waals surface area contributed by atoms with Crippen LogP contribution in [0.4, 0.5) is 5.13 Å². The van der Waals surface area contributed by atoms with Gasteiger partial charge in [0.15, 0.2) is 5.13 Å². The van der Waals surface area contributed by atoms with E-state index in [0.29, 0.717) is 23.8 Å². The third kappa shape index (κ3) is 3.85. The monoisotopic (exact) mass is 494 g/mol. The van der Waals surface area contributed by atoms with Crippen molar-refractivity contribution in [1.29, 1.82) is 0 Å². The summed E-state index contributed by atoms with van der Waals surface area (Å²) in [6.45, 7) is 4.67. The van der Waals surface area contributed by atoms with E-state index in [-0.39, 0.29) is 5.56 Å². The summed E-state index contributed by atoms with van der Waals surface area (Å²) >= 11 is 1.42. The van der Waals surface area contributed by atoms with Gasteiger partial charge in [0.05, 0.1) is 22.5 Å². The van der Waals surface area contributed by atoms with E-state index in [1.165, 1.54) is 11.3 Å². The fourth-order valence-electron chi connectivity index (χ4n) is 4.52. The Morgan fingerprint density at radius 1 is 1.00 bits per heavy atom. The molecule has 0 radical (unpaired) electrons. The van der Waals surface area contributed by atoms with Gasteiger partial charge in [-0.25, -0.2) is 9.78 Å². The number of carbonyl (C=O) groups excluding carboxylic acids is 1. The number of nitrogens with zero attached hydrogens (tertiary/aromatic N) is 4. The van der Waals surface area contributed by atoms with E-state index in [2.05, 4.69) is 5.10 Å². The summed E-state index contributed by atoms with van der Waals surface area (Å²) in [7, 11) is 0. The van der Waals surface area contributed by atoms with E-state index < -0.39 is 11.5 Å². The molecule has 0 bridgehead atoms. The molecule has 0 aliphatic carbocycles. The molecule has 6 rings (SSSR count). The van der Waals surface area contributed by atoms with Crippen molar-refractivity contribution in [3.8, 4) is 0 Å². The maximum atomic E-state index is 13.9. The molecule has 3 heterocycles. The van der Waals surface area contributed by atoms with Crippen LogP contribution in [-0.2, 0) is 6.54 Å². The number of hydrogen-bond donors (Lipinski definition) is 0. The molecule has 0 aliphatic rings. The lowest BCUT2D eigenvalue weighted by Gasteiger charge is -2.20. The van der Waals surface area contributed by atoms with Gasteiger partial charge in [0.25, 0.3) is 5.91 Å². The van der Waals surface area contributed by atoms with Crippen molar-refractivity contribution >= 4 is 54.3 Å². The minimum atomic E-state index is -0.667. The Bertz CT molecular complexity index is 1800. The summed E-state index contributed by atoms with van der Waals surface area (Å²) < 4.78 is 8.44. The number of benzene rings is 3. The van der Waals surface area contributed by atoms with Crippen molar-refractivity contribution in [2.75, 3.05) is 11.4 Å². The first kappa shape index (κ1) is 22.2. The quantitative estimate of drug-likeness (QED) is 0.226. The molecule has 6 aromatic rings. The molecule has 0 unspecified atom stereocenters. The molecule has 3 aromatic carbocycles. The molecule has 1 amide bonds. The molecule has 8 heteroatoms. The number of thiazole rings is 1. The average Bonchev–Trinajstić information content (AvgIpc) is 3.45. The van der Waals surface area contributed by atoms with Crippen LogP contribution in [0.5, 0.6) is 0 Å². The first-order valence-electron chi connectivity index (χ1n) is 11.6. The highest BCUT2D eigenvalue weighted by Gasteiger charge is 2.25. The summed E-state index contributed by atoms with van der Waals surface area (Å²) in [6.07, 6.45) is 0. The molecule has 0 saturated carbocycles. The fourth-order valence-corrected chi connectivity index (χ4v) is 5.51. The first-order valence-corrected chi connectivity index (χ1v) is 12.4. The van der Waals surface area contributed by atoms with E-state index in [9.17, 15) is 9.59 Å². The Hall–Kier alpha value is -4.30. The van der Waals surface area contributed by atoms with Gasteiger partial charge in [0.1, 0.15) is 11.1 Å². The van der Waals surface area contributed by atoms with Gasteiger partial charge in [-0.1, -0.05) is 53.8 Å². The van der Waals surface area contributed by atoms with Gasteiger partial charge < -0.3 is 4.42 Å². The second-order valence-corrected chi connectivity index (χ2v) is 9.73. The number of anilines is 1. The van der Waals surface area contributed by atoms with Crippen LogP contribution < -0.4 is 10.5 Å². The third-order valence-corrected chi connectivity index (χ3v) is 7.33. The predicted molar refractivity (Wildman–Crippen MR) is 143 cm³/mol. The molecular weight excluding hydrogens is 472 g/mol. The minimum absolute atomic E-state index is 0.0218. The molecule has 7 nitrogen and oxygen atoms in total. The molecule has 0 atom stereocenters. The van der Waals surface area contributed by atoms with Crippen molar-refractivity contribution in [2.45, 2.75) is 20.4 Å². The van der Waals surface area contributed by atoms with Gasteiger partial charge in [-0.2, -0.15) is 5.10 Å². The number of amides is 1. The van der Waals surface area contributed by atoms with Gasteiger partial charge in [0, 0.05) is 17.6 Å². The van der Waals surface area contributed by atoms with Crippen LogP contribution in [0.1, 0.15) is 21.7 Å². The highest BCUT2D eigenvalue weighted by atomic mass is 32.1. The Kier molecular flexibility index (Phi) is 5.38. The van der Waals surface area contributed by atoms with E-state index >= 15 is 0 Å². The standard InChI is InChI=1S/C28H22N4O3S/c1-17-15-18(2)32(30-17)14-13-31(28-29-23-9-5-6-10-25(23)36-28)26(33)22-16-21-20-8-4-3-7-19(20)11-12-24(21)35-27(22)34/h3-12,15-16H,13-14H2,1-2H3. The van der Waals surface area contributed by atoms with Gasteiger partial charge in [0.2, 0.25) is 0 Å². The van der Waals surface area contributed by atoms with Crippen molar-refractivity contribution in [2.24, 2.45) is 0 Å². The zero-order chi connectivity index (χ0) is 24.8. The third-order valence-electron chi connectivity index (χ3n) is 6.27. The van der Waals surface area contributed by atoms with Crippen LogP contribution in [-0.4, -0.2) is 27.2 Å². The number of carbonyl (C=O) groups is 1. The number of rotatable bonds is 5. The Morgan fingerprint density at radius 3 is 2.61 bits per heavy atom. The number of aromatic nitrogens is 3. The molecule has 0 aliphatic heterocycles. The van der Waals surface area contributed by atoms with Crippen molar-refractivity contribution in [3.05, 3.63) is 100 Å². The van der Waals surface area contributed by atoms with Gasteiger partial charge >= 0.3 is 5.63 Å². The van der Waals surface area contributed by atoms with E-state index in [1.54, 1.807) is 17.0 Å². The second kappa shape index (κ2) is 8.73. The van der Waals surface area contributed by atoms with Crippen LogP contribution in [0.15, 0.2) is 82.0 Å². The summed E-state index contributed by atoms with van der Waals surface area (Å²) in [5, 5.41) is 7.70. The maximum Gasteiger partial charge on any atom is 0.349 e. The maximum absolute atomic E-state index is 13.9. The number of para-hydroxylation sites is 1. The van der Waals surface area contributed by atoms with Gasteiger partial charge in [-0.15, -0.1) is 0 Å². The fraction of sp³-hybridized carbons (Fsp3) is 0.143. The highest BCUT2D eigenvalue weighted by molar-refractivity contribution is 7.22. The largest absolute Gasteiger partial charge is 0.422 e. The average molecular weight is 495 g/mol. The molecule has 178 valence electrons. The lowest BCUT2D eigenvalue weighted by atomic mass is 10.0. The SMILES string of the molecule is Cc1cc(C)n(CCN(C(=O)c2cc3c(ccc4ccccc43)oc2=O)c2nc3ccccc3s2)n1. The summed E-state index contributed by atoms with van der Waals surface area (Å²) in [5.74, 6) is -0.445. The van der Waals surface area contributed by atoms with Crippen LogP contribution >= 0.6 is 11.3 Å². The molecular formula is C28H22N4O3S. The normalized spacial score (nSPS) is 11.5. The zero-order valence-corrected chi connectivity index (χ0v) is 20.6. The Balaban J connectivity index is 1.46. The number of fused-ring (bicyclic) bond motifs is 4. The summed E-state index contributed by atoms with van der Waals surface area (Å²) in [5.41, 5.74) is 2.47. The van der Waals surface area contributed by atoms with E-state index in [0.717, 1.165) is 37.8 Å². The second-order valence-electron chi connectivity index (χ2n) is 8.72. The molecule has 0 saturated heterocycles. The lowest BCUT2D eigenvalue weighted by molar-refractivity contribution is 0.0982. The van der Waals surface area contributed by atoms with Crippen molar-refractivity contribution in [3.63, 3.8) is 0 Å². The summed E-state index contributed by atoms with van der Waals surface area (Å²) in [4.78, 5) is 33.2. The van der Waals surface area contributed by atoms with Crippen molar-refractivity contribution in [1.82, 2.24) is 14.8 Å².